The Hall–Kier alpha value is -4.71. The van der Waals surface area contributed by atoms with E-state index in [4.69, 9.17) is 4.74 Å². The number of esters is 1. The van der Waals surface area contributed by atoms with Crippen molar-refractivity contribution in [1.29, 1.82) is 0 Å². The number of Topliss-reactive ketones (excluding diaryl/α,β-unsaturated/α-hetero) is 1. The Morgan fingerprint density at radius 1 is 0.925 bits per heavy atom. The average Bonchev–Trinajstić information content (AvgIpc) is 3.59. The molecule has 0 N–H and O–H groups in total. The highest BCUT2D eigenvalue weighted by Gasteiger charge is 2.51. The molecule has 11 nitrogen and oxygen atoms in total. The second-order valence-electron chi connectivity index (χ2n) is 9.47. The van der Waals surface area contributed by atoms with Gasteiger partial charge in [-0.15, -0.1) is 11.3 Å². The molecule has 1 aliphatic carbocycles. The Kier molecular flexibility index (Phi) is 7.52. The highest BCUT2D eigenvalue weighted by Crippen LogP contribution is 2.39. The van der Waals surface area contributed by atoms with Gasteiger partial charge in [0.15, 0.2) is 5.78 Å². The number of nitro benzene ring substituents is 1. The van der Waals surface area contributed by atoms with E-state index in [1.807, 2.05) is 0 Å². The molecule has 204 valence electrons. The van der Waals surface area contributed by atoms with E-state index in [0.29, 0.717) is 17.7 Å². The SMILES string of the molecule is O=C(CN(C(=O)c1ccc([N+](=O)[O-])cc1)N1C(=O)[C@@H]2CCCC[C@H]2C1=O)c1ccc(OC(=O)c2cccs2)cc1. The number of amides is 3. The number of carbonyl (C=O) groups excluding carboxylic acids is 5. The zero-order chi connectivity index (χ0) is 28.4. The summed E-state index contributed by atoms with van der Waals surface area (Å²) in [5.74, 6) is -3.89. The number of rotatable bonds is 8. The Bertz CT molecular complexity index is 1460. The molecule has 2 fully saturated rings. The minimum Gasteiger partial charge on any atom is -0.422 e. The summed E-state index contributed by atoms with van der Waals surface area (Å²) < 4.78 is 5.31. The fraction of sp³-hybridized carbons (Fsp3) is 0.250. The van der Waals surface area contributed by atoms with Crippen LogP contribution in [0.2, 0.25) is 0 Å². The zero-order valence-corrected chi connectivity index (χ0v) is 21.9. The van der Waals surface area contributed by atoms with Crippen LogP contribution in [0.25, 0.3) is 0 Å². The molecule has 1 aromatic heterocycles. The van der Waals surface area contributed by atoms with Gasteiger partial charge in [-0.1, -0.05) is 18.9 Å². The number of carbonyl (C=O) groups is 5. The maximum Gasteiger partial charge on any atom is 0.353 e. The topological polar surface area (TPSA) is 144 Å². The molecule has 5 rings (SSSR count). The molecule has 1 saturated carbocycles. The van der Waals surface area contributed by atoms with Crippen LogP contribution in [0.1, 0.15) is 56.1 Å². The van der Waals surface area contributed by atoms with Gasteiger partial charge in [0.05, 0.1) is 16.8 Å². The lowest BCUT2D eigenvalue weighted by molar-refractivity contribution is -0.384. The third-order valence-corrected chi connectivity index (χ3v) is 7.87. The molecular formula is C28H23N3O8S. The van der Waals surface area contributed by atoms with Gasteiger partial charge in [-0.3, -0.25) is 29.3 Å². The van der Waals surface area contributed by atoms with Gasteiger partial charge in [0.1, 0.15) is 17.2 Å². The quantitative estimate of drug-likeness (QED) is 0.0989. The molecule has 2 heterocycles. The number of fused-ring (bicyclic) bond motifs is 1. The molecule has 2 aromatic carbocycles. The van der Waals surface area contributed by atoms with Gasteiger partial charge in [0, 0.05) is 23.3 Å². The number of ketones is 1. The monoisotopic (exact) mass is 561 g/mol. The van der Waals surface area contributed by atoms with E-state index in [9.17, 15) is 34.1 Å². The number of nitro groups is 1. The van der Waals surface area contributed by atoms with E-state index in [-0.39, 0.29) is 22.6 Å². The van der Waals surface area contributed by atoms with Crippen molar-refractivity contribution < 1.29 is 33.6 Å². The first-order valence-electron chi connectivity index (χ1n) is 12.6. The first-order valence-corrected chi connectivity index (χ1v) is 13.5. The fourth-order valence-electron chi connectivity index (χ4n) is 4.98. The van der Waals surface area contributed by atoms with Crippen molar-refractivity contribution >= 4 is 46.5 Å². The average molecular weight is 562 g/mol. The van der Waals surface area contributed by atoms with E-state index in [1.54, 1.807) is 17.5 Å². The maximum absolute atomic E-state index is 13.6. The number of ether oxygens (including phenoxy) is 1. The highest BCUT2D eigenvalue weighted by molar-refractivity contribution is 7.12. The van der Waals surface area contributed by atoms with Crippen molar-refractivity contribution in [2.75, 3.05) is 6.54 Å². The largest absolute Gasteiger partial charge is 0.422 e. The number of hydrogen-bond acceptors (Lipinski definition) is 9. The third kappa shape index (κ3) is 5.25. The summed E-state index contributed by atoms with van der Waals surface area (Å²) in [4.78, 5) is 76.5. The Balaban J connectivity index is 1.39. The molecule has 2 aliphatic rings. The third-order valence-electron chi connectivity index (χ3n) is 7.02. The molecule has 0 spiro atoms. The summed E-state index contributed by atoms with van der Waals surface area (Å²) in [5, 5.41) is 14.4. The van der Waals surface area contributed by atoms with Crippen LogP contribution in [-0.2, 0) is 9.59 Å². The number of hydrazine groups is 1. The Morgan fingerprint density at radius 2 is 1.52 bits per heavy atom. The van der Waals surface area contributed by atoms with Gasteiger partial charge < -0.3 is 4.74 Å². The minimum atomic E-state index is -0.815. The van der Waals surface area contributed by atoms with Crippen molar-refractivity contribution in [3.63, 3.8) is 0 Å². The molecule has 40 heavy (non-hydrogen) atoms. The molecular weight excluding hydrogens is 538 g/mol. The number of non-ortho nitro benzene ring substituents is 1. The summed E-state index contributed by atoms with van der Waals surface area (Å²) in [6, 6.07) is 13.7. The van der Waals surface area contributed by atoms with Crippen LogP contribution >= 0.6 is 11.3 Å². The van der Waals surface area contributed by atoms with Crippen LogP contribution in [0.3, 0.4) is 0 Å². The normalized spacial score (nSPS) is 18.2. The molecule has 0 bridgehead atoms. The van der Waals surface area contributed by atoms with Gasteiger partial charge in [0.25, 0.3) is 23.4 Å². The van der Waals surface area contributed by atoms with Gasteiger partial charge >= 0.3 is 5.97 Å². The van der Waals surface area contributed by atoms with E-state index < -0.39 is 52.8 Å². The Labute approximate surface area is 232 Å². The molecule has 3 amide bonds. The molecule has 2 atom stereocenters. The molecule has 0 unspecified atom stereocenters. The van der Waals surface area contributed by atoms with Crippen LogP contribution in [0, 0.1) is 22.0 Å². The van der Waals surface area contributed by atoms with E-state index >= 15 is 0 Å². The van der Waals surface area contributed by atoms with Gasteiger partial charge in [-0.25, -0.2) is 9.80 Å². The van der Waals surface area contributed by atoms with Crippen LogP contribution in [0.5, 0.6) is 5.75 Å². The molecule has 1 aliphatic heterocycles. The lowest BCUT2D eigenvalue weighted by Crippen LogP contribution is -2.52. The predicted molar refractivity (Wildman–Crippen MR) is 141 cm³/mol. The Morgan fingerprint density at radius 3 is 2.08 bits per heavy atom. The predicted octanol–water partition coefficient (Wildman–Crippen LogP) is 4.29. The summed E-state index contributed by atoms with van der Waals surface area (Å²) >= 11 is 1.23. The lowest BCUT2D eigenvalue weighted by Gasteiger charge is -2.30. The molecule has 0 radical (unpaired) electrons. The van der Waals surface area contributed by atoms with Crippen LogP contribution in [-0.4, -0.2) is 51.0 Å². The number of benzene rings is 2. The van der Waals surface area contributed by atoms with Gasteiger partial charge in [-0.2, -0.15) is 5.01 Å². The minimum absolute atomic E-state index is 0.0234. The molecule has 3 aromatic rings. The maximum atomic E-state index is 13.6. The van der Waals surface area contributed by atoms with E-state index in [1.165, 1.54) is 47.7 Å². The van der Waals surface area contributed by atoms with Crippen LogP contribution in [0.15, 0.2) is 66.0 Å². The summed E-state index contributed by atoms with van der Waals surface area (Å²) in [6.07, 6.45) is 2.61. The summed E-state index contributed by atoms with van der Waals surface area (Å²) in [5.41, 5.74) is -0.1000. The van der Waals surface area contributed by atoms with Crippen molar-refractivity contribution in [2.45, 2.75) is 25.7 Å². The lowest BCUT2D eigenvalue weighted by atomic mass is 9.81. The summed E-state index contributed by atoms with van der Waals surface area (Å²) in [6.45, 7) is -0.624. The number of hydrogen-bond donors (Lipinski definition) is 0. The zero-order valence-electron chi connectivity index (χ0n) is 21.1. The van der Waals surface area contributed by atoms with Crippen molar-refractivity contribution in [1.82, 2.24) is 10.0 Å². The second kappa shape index (κ2) is 11.2. The van der Waals surface area contributed by atoms with Crippen molar-refractivity contribution in [3.05, 3.63) is 92.2 Å². The number of thiophene rings is 1. The molecule has 1 saturated heterocycles. The first kappa shape index (κ1) is 26.9. The summed E-state index contributed by atoms with van der Waals surface area (Å²) in [7, 11) is 0. The van der Waals surface area contributed by atoms with Gasteiger partial charge in [0.2, 0.25) is 0 Å². The fourth-order valence-corrected chi connectivity index (χ4v) is 5.58. The standard InChI is InChI=1S/C28H23N3O8S/c32-23(17-9-13-20(14-10-17)39-28(36)24-6-3-15-40-24)16-29(25(33)18-7-11-19(12-8-18)31(37)38)30-26(34)21-4-1-2-5-22(21)27(30)35/h3,6-15,21-22H,1-2,4-5,16H2/t21-,22-/m1/s1. The van der Waals surface area contributed by atoms with Gasteiger partial charge in [-0.05, 0) is 60.7 Å². The number of nitrogens with zero attached hydrogens (tertiary/aromatic N) is 3. The van der Waals surface area contributed by atoms with E-state index in [0.717, 1.165) is 35.0 Å². The smallest absolute Gasteiger partial charge is 0.353 e. The molecule has 12 heteroatoms. The van der Waals surface area contributed by atoms with Crippen LogP contribution < -0.4 is 4.74 Å². The highest BCUT2D eigenvalue weighted by atomic mass is 32.1. The van der Waals surface area contributed by atoms with Crippen molar-refractivity contribution in [2.24, 2.45) is 11.8 Å². The van der Waals surface area contributed by atoms with Crippen LogP contribution in [0.4, 0.5) is 5.69 Å². The van der Waals surface area contributed by atoms with Crippen molar-refractivity contribution in [3.8, 4) is 5.75 Å². The van der Waals surface area contributed by atoms with E-state index in [2.05, 4.69) is 0 Å². The number of imide groups is 1. The second-order valence-corrected chi connectivity index (χ2v) is 10.4. The first-order chi connectivity index (χ1) is 19.2.